The molecule has 0 fully saturated rings. The van der Waals surface area contributed by atoms with Crippen LogP contribution >= 0.6 is 11.3 Å². The van der Waals surface area contributed by atoms with E-state index in [1.807, 2.05) is 31.4 Å². The molecule has 0 saturated carbocycles. The number of ether oxygens (including phenoxy) is 1. The number of rotatable bonds is 6. The van der Waals surface area contributed by atoms with Crippen LogP contribution in [0.3, 0.4) is 0 Å². The number of thiazole rings is 1. The predicted molar refractivity (Wildman–Crippen MR) is 90.9 cm³/mol. The van der Waals surface area contributed by atoms with E-state index in [0.717, 1.165) is 22.6 Å². The standard InChI is InChI=1S/C17H22N2O2S/c1-11(2)15-10-22-17(18-15)19-16(20)5-6-21-14-8-12(3)7-13(4)9-14/h7-11H,5-6H2,1-4H3,(H,18,19,20). The number of hydrogen-bond donors (Lipinski definition) is 1. The average Bonchev–Trinajstić information content (AvgIpc) is 2.86. The number of nitrogens with zero attached hydrogens (tertiary/aromatic N) is 1. The van der Waals surface area contributed by atoms with Crippen LogP contribution in [0.2, 0.25) is 0 Å². The quantitative estimate of drug-likeness (QED) is 0.864. The number of carbonyl (C=O) groups excluding carboxylic acids is 1. The Morgan fingerprint density at radius 3 is 2.55 bits per heavy atom. The van der Waals surface area contributed by atoms with Crippen LogP contribution in [0.1, 0.15) is 43.0 Å². The number of anilines is 1. The first-order valence-electron chi connectivity index (χ1n) is 7.40. The third-order valence-electron chi connectivity index (χ3n) is 3.15. The van der Waals surface area contributed by atoms with Crippen LogP contribution in [0.4, 0.5) is 5.13 Å². The van der Waals surface area contributed by atoms with Gasteiger partial charge in [0.05, 0.1) is 18.7 Å². The average molecular weight is 318 g/mol. The van der Waals surface area contributed by atoms with Crippen LogP contribution in [0.25, 0.3) is 0 Å². The van der Waals surface area contributed by atoms with Crippen molar-refractivity contribution in [2.75, 3.05) is 11.9 Å². The molecule has 0 aliphatic rings. The number of aromatic nitrogens is 1. The first-order chi connectivity index (χ1) is 10.4. The van der Waals surface area contributed by atoms with E-state index in [1.165, 1.54) is 11.3 Å². The van der Waals surface area contributed by atoms with Crippen molar-refractivity contribution in [1.29, 1.82) is 0 Å². The molecule has 1 aromatic carbocycles. The van der Waals surface area contributed by atoms with E-state index in [9.17, 15) is 4.79 Å². The van der Waals surface area contributed by atoms with Gasteiger partial charge in [0.25, 0.3) is 0 Å². The highest BCUT2D eigenvalue weighted by atomic mass is 32.1. The minimum Gasteiger partial charge on any atom is -0.493 e. The second kappa shape index (κ2) is 7.40. The maximum atomic E-state index is 11.9. The lowest BCUT2D eigenvalue weighted by atomic mass is 10.1. The van der Waals surface area contributed by atoms with Gasteiger partial charge < -0.3 is 10.1 Å². The second-order valence-electron chi connectivity index (χ2n) is 5.70. The Labute approximate surface area is 135 Å². The topological polar surface area (TPSA) is 51.2 Å². The third kappa shape index (κ3) is 4.84. The summed E-state index contributed by atoms with van der Waals surface area (Å²) >= 11 is 1.46. The Hall–Kier alpha value is -1.88. The fourth-order valence-electron chi connectivity index (χ4n) is 2.07. The van der Waals surface area contributed by atoms with Crippen molar-refractivity contribution in [2.24, 2.45) is 0 Å². The molecule has 0 aliphatic heterocycles. The molecule has 22 heavy (non-hydrogen) atoms. The van der Waals surface area contributed by atoms with Gasteiger partial charge >= 0.3 is 0 Å². The number of hydrogen-bond acceptors (Lipinski definition) is 4. The Kier molecular flexibility index (Phi) is 5.55. The van der Waals surface area contributed by atoms with Crippen molar-refractivity contribution in [3.05, 3.63) is 40.4 Å². The Morgan fingerprint density at radius 1 is 1.27 bits per heavy atom. The Morgan fingerprint density at radius 2 is 1.95 bits per heavy atom. The zero-order chi connectivity index (χ0) is 16.1. The van der Waals surface area contributed by atoms with E-state index in [-0.39, 0.29) is 5.91 Å². The molecule has 1 amide bonds. The van der Waals surface area contributed by atoms with Gasteiger partial charge in [0.2, 0.25) is 5.91 Å². The molecule has 1 aromatic heterocycles. The lowest BCUT2D eigenvalue weighted by molar-refractivity contribution is -0.116. The van der Waals surface area contributed by atoms with Gasteiger partial charge in [-0.1, -0.05) is 19.9 Å². The molecule has 0 unspecified atom stereocenters. The molecule has 4 nitrogen and oxygen atoms in total. The number of aryl methyl sites for hydroxylation is 2. The lowest BCUT2D eigenvalue weighted by Gasteiger charge is -2.08. The summed E-state index contributed by atoms with van der Waals surface area (Å²) in [6, 6.07) is 6.04. The summed E-state index contributed by atoms with van der Waals surface area (Å²) in [5.41, 5.74) is 3.32. The van der Waals surface area contributed by atoms with Crippen LogP contribution in [-0.2, 0) is 4.79 Å². The zero-order valence-electron chi connectivity index (χ0n) is 13.5. The normalized spacial score (nSPS) is 10.8. The highest BCUT2D eigenvalue weighted by Gasteiger charge is 2.09. The van der Waals surface area contributed by atoms with Crippen molar-refractivity contribution < 1.29 is 9.53 Å². The van der Waals surface area contributed by atoms with Gasteiger partial charge in [0, 0.05) is 5.38 Å². The van der Waals surface area contributed by atoms with E-state index in [0.29, 0.717) is 24.1 Å². The van der Waals surface area contributed by atoms with Gasteiger partial charge in [-0.05, 0) is 43.0 Å². The Balaban J connectivity index is 1.80. The van der Waals surface area contributed by atoms with Crippen molar-refractivity contribution in [1.82, 2.24) is 4.98 Å². The fourth-order valence-corrected chi connectivity index (χ4v) is 2.96. The summed E-state index contributed by atoms with van der Waals surface area (Å²) in [7, 11) is 0. The summed E-state index contributed by atoms with van der Waals surface area (Å²) in [5.74, 6) is 1.10. The van der Waals surface area contributed by atoms with Gasteiger partial charge in [-0.15, -0.1) is 11.3 Å². The molecule has 0 radical (unpaired) electrons. The van der Waals surface area contributed by atoms with Gasteiger partial charge in [-0.2, -0.15) is 0 Å². The Bertz CT molecular complexity index is 630. The molecular formula is C17H22N2O2S. The highest BCUT2D eigenvalue weighted by Crippen LogP contribution is 2.21. The molecule has 0 spiro atoms. The third-order valence-corrected chi connectivity index (χ3v) is 3.93. The van der Waals surface area contributed by atoms with E-state index in [4.69, 9.17) is 4.74 Å². The maximum Gasteiger partial charge on any atom is 0.229 e. The van der Waals surface area contributed by atoms with Crippen molar-refractivity contribution in [3.63, 3.8) is 0 Å². The second-order valence-corrected chi connectivity index (χ2v) is 6.56. The monoisotopic (exact) mass is 318 g/mol. The van der Waals surface area contributed by atoms with E-state index in [2.05, 4.69) is 30.2 Å². The van der Waals surface area contributed by atoms with Crippen LogP contribution in [0.15, 0.2) is 23.6 Å². The molecule has 0 bridgehead atoms. The van der Waals surface area contributed by atoms with Gasteiger partial charge in [0.15, 0.2) is 5.13 Å². The molecule has 2 rings (SSSR count). The molecule has 118 valence electrons. The maximum absolute atomic E-state index is 11.9. The van der Waals surface area contributed by atoms with E-state index < -0.39 is 0 Å². The van der Waals surface area contributed by atoms with Crippen LogP contribution < -0.4 is 10.1 Å². The summed E-state index contributed by atoms with van der Waals surface area (Å²) in [5, 5.41) is 5.45. The number of carbonyl (C=O) groups is 1. The lowest BCUT2D eigenvalue weighted by Crippen LogP contribution is -2.15. The van der Waals surface area contributed by atoms with Gasteiger partial charge in [0.1, 0.15) is 5.75 Å². The first-order valence-corrected chi connectivity index (χ1v) is 8.28. The van der Waals surface area contributed by atoms with Crippen LogP contribution in [0, 0.1) is 13.8 Å². The van der Waals surface area contributed by atoms with Gasteiger partial charge in [-0.3, -0.25) is 4.79 Å². The molecule has 2 aromatic rings. The predicted octanol–water partition coefficient (Wildman–Crippen LogP) is 4.29. The minimum absolute atomic E-state index is 0.0750. The molecule has 0 aliphatic carbocycles. The smallest absolute Gasteiger partial charge is 0.229 e. The number of amides is 1. The van der Waals surface area contributed by atoms with Crippen molar-refractivity contribution >= 4 is 22.4 Å². The summed E-state index contributed by atoms with van der Waals surface area (Å²) < 4.78 is 5.64. The largest absolute Gasteiger partial charge is 0.493 e. The fraction of sp³-hybridized carbons (Fsp3) is 0.412. The zero-order valence-corrected chi connectivity index (χ0v) is 14.3. The SMILES string of the molecule is Cc1cc(C)cc(OCCC(=O)Nc2nc(C(C)C)cs2)c1. The van der Waals surface area contributed by atoms with Gasteiger partial charge in [-0.25, -0.2) is 4.98 Å². The van der Waals surface area contributed by atoms with E-state index >= 15 is 0 Å². The first kappa shape index (κ1) is 16.5. The molecule has 1 N–H and O–H groups in total. The summed E-state index contributed by atoms with van der Waals surface area (Å²) in [6.07, 6.45) is 0.309. The van der Waals surface area contributed by atoms with Crippen molar-refractivity contribution in [3.8, 4) is 5.75 Å². The molecule has 1 heterocycles. The van der Waals surface area contributed by atoms with Crippen LogP contribution in [-0.4, -0.2) is 17.5 Å². The minimum atomic E-state index is -0.0750. The number of benzene rings is 1. The highest BCUT2D eigenvalue weighted by molar-refractivity contribution is 7.13. The van der Waals surface area contributed by atoms with Crippen LogP contribution in [0.5, 0.6) is 5.75 Å². The van der Waals surface area contributed by atoms with E-state index in [1.54, 1.807) is 0 Å². The van der Waals surface area contributed by atoms with Crippen molar-refractivity contribution in [2.45, 2.75) is 40.0 Å². The number of nitrogens with one attached hydrogen (secondary N) is 1. The molecular weight excluding hydrogens is 296 g/mol. The molecule has 5 heteroatoms. The summed E-state index contributed by atoms with van der Waals surface area (Å²) in [4.78, 5) is 16.3. The molecule has 0 atom stereocenters. The molecule has 0 saturated heterocycles. The summed E-state index contributed by atoms with van der Waals surface area (Å²) in [6.45, 7) is 8.58.